The van der Waals surface area contributed by atoms with E-state index in [0.717, 1.165) is 29.7 Å². The lowest BCUT2D eigenvalue weighted by Gasteiger charge is -2.38. The number of amides is 1. The molecule has 1 fully saturated rings. The van der Waals surface area contributed by atoms with Gasteiger partial charge >= 0.3 is 0 Å². The van der Waals surface area contributed by atoms with Gasteiger partial charge in [-0.25, -0.2) is 14.5 Å². The number of nitrogens with two attached hydrogens (primary N) is 1. The van der Waals surface area contributed by atoms with Crippen molar-refractivity contribution in [2.75, 3.05) is 23.7 Å². The fourth-order valence-corrected chi connectivity index (χ4v) is 4.76. The highest BCUT2D eigenvalue weighted by Gasteiger charge is 2.33. The van der Waals surface area contributed by atoms with Crippen LogP contribution < -0.4 is 16.0 Å². The molecule has 0 radical (unpaired) electrons. The number of nitrogens with one attached hydrogen (secondary N) is 1. The largest absolute Gasteiger partial charge is 0.381 e. The third-order valence-electron chi connectivity index (χ3n) is 6.55. The molecule has 34 heavy (non-hydrogen) atoms. The molecule has 1 unspecified atom stereocenters. The van der Waals surface area contributed by atoms with Crippen LogP contribution >= 0.6 is 11.6 Å². The van der Waals surface area contributed by atoms with Gasteiger partial charge in [0.1, 0.15) is 17.7 Å². The molecule has 1 saturated heterocycles. The van der Waals surface area contributed by atoms with E-state index in [0.29, 0.717) is 23.8 Å². The van der Waals surface area contributed by atoms with Gasteiger partial charge in [0.15, 0.2) is 11.5 Å². The Morgan fingerprint density at radius 1 is 1.38 bits per heavy atom. The first-order valence-electron chi connectivity index (χ1n) is 11.0. The molecule has 174 valence electrons. The molecule has 5 rings (SSSR count). The predicted octanol–water partition coefficient (Wildman–Crippen LogP) is 3.23. The fourth-order valence-electron chi connectivity index (χ4n) is 4.50. The van der Waals surface area contributed by atoms with E-state index in [-0.39, 0.29) is 22.7 Å². The average molecular weight is 478 g/mol. The number of anilines is 2. The van der Waals surface area contributed by atoms with Gasteiger partial charge in [0.25, 0.3) is 5.91 Å². The lowest BCUT2D eigenvalue weighted by Crippen LogP contribution is -2.40. The Morgan fingerprint density at radius 3 is 2.88 bits per heavy atom. The summed E-state index contributed by atoms with van der Waals surface area (Å²) in [6.45, 7) is 5.31. The van der Waals surface area contributed by atoms with E-state index in [1.165, 1.54) is 4.52 Å². The van der Waals surface area contributed by atoms with E-state index >= 15 is 0 Å². The molecule has 4 aromatic rings. The summed E-state index contributed by atoms with van der Waals surface area (Å²) >= 11 is 6.59. The maximum atomic E-state index is 13.2. The van der Waals surface area contributed by atoms with Crippen LogP contribution in [0.25, 0.3) is 11.2 Å². The third-order valence-corrected chi connectivity index (χ3v) is 6.85. The van der Waals surface area contributed by atoms with E-state index in [1.807, 2.05) is 24.3 Å². The van der Waals surface area contributed by atoms with E-state index in [9.17, 15) is 10.1 Å². The van der Waals surface area contributed by atoms with Crippen LogP contribution in [-0.4, -0.2) is 43.0 Å². The second-order valence-electron chi connectivity index (χ2n) is 8.92. The summed E-state index contributed by atoms with van der Waals surface area (Å²) in [5.74, 6) is 0.636. The Kier molecular flexibility index (Phi) is 5.29. The fraction of sp³-hybridized carbons (Fsp3) is 0.348. The molecule has 4 aromatic heterocycles. The van der Waals surface area contributed by atoms with Crippen LogP contribution in [-0.2, 0) is 0 Å². The number of imidazole rings is 1. The SMILES string of the molecule is CC(NC(=O)c1c(N)nn2cccnc12)c1cc(Cl)c2cncn2c1N1CCC(C)(C#N)CC1. The number of hydrogen-bond donors (Lipinski definition) is 2. The lowest BCUT2D eigenvalue weighted by molar-refractivity contribution is 0.0942. The van der Waals surface area contributed by atoms with Gasteiger partial charge in [-0.2, -0.15) is 5.26 Å². The summed E-state index contributed by atoms with van der Waals surface area (Å²) in [5.41, 5.74) is 7.93. The van der Waals surface area contributed by atoms with Crippen LogP contribution in [0.2, 0.25) is 5.02 Å². The van der Waals surface area contributed by atoms with Crippen LogP contribution in [0.3, 0.4) is 0 Å². The van der Waals surface area contributed by atoms with Gasteiger partial charge in [0.05, 0.1) is 34.3 Å². The molecule has 1 aliphatic rings. The highest BCUT2D eigenvalue weighted by Crippen LogP contribution is 2.37. The van der Waals surface area contributed by atoms with E-state index in [1.54, 1.807) is 31.0 Å². The molecule has 0 spiro atoms. The second kappa shape index (κ2) is 8.18. The number of carbonyl (C=O) groups is 1. The van der Waals surface area contributed by atoms with Crippen LogP contribution in [0, 0.1) is 16.7 Å². The van der Waals surface area contributed by atoms with Crippen molar-refractivity contribution in [3.05, 3.63) is 53.2 Å². The number of halogens is 1. The van der Waals surface area contributed by atoms with Crippen LogP contribution in [0.1, 0.15) is 48.7 Å². The van der Waals surface area contributed by atoms with Crippen LogP contribution in [0.15, 0.2) is 37.1 Å². The highest BCUT2D eigenvalue weighted by atomic mass is 35.5. The Hall–Kier alpha value is -3.84. The molecule has 5 heterocycles. The second-order valence-corrected chi connectivity index (χ2v) is 9.33. The lowest BCUT2D eigenvalue weighted by atomic mass is 9.82. The zero-order chi connectivity index (χ0) is 24.0. The molecule has 0 bridgehead atoms. The number of pyridine rings is 1. The molecule has 11 heteroatoms. The Morgan fingerprint density at radius 2 is 2.15 bits per heavy atom. The predicted molar refractivity (Wildman–Crippen MR) is 129 cm³/mol. The number of fused-ring (bicyclic) bond motifs is 2. The minimum Gasteiger partial charge on any atom is -0.381 e. The summed E-state index contributed by atoms with van der Waals surface area (Å²) in [5, 5.41) is 17.3. The maximum absolute atomic E-state index is 13.2. The first-order chi connectivity index (χ1) is 16.3. The summed E-state index contributed by atoms with van der Waals surface area (Å²) in [6.07, 6.45) is 8.20. The van der Waals surface area contributed by atoms with Gasteiger partial charge in [0.2, 0.25) is 0 Å². The van der Waals surface area contributed by atoms with Crippen molar-refractivity contribution in [2.45, 2.75) is 32.7 Å². The van der Waals surface area contributed by atoms with Crippen LogP contribution in [0.5, 0.6) is 0 Å². The molecule has 3 N–H and O–H groups in total. The smallest absolute Gasteiger partial charge is 0.259 e. The summed E-state index contributed by atoms with van der Waals surface area (Å²) in [7, 11) is 0. The van der Waals surface area contributed by atoms with Gasteiger partial charge in [0, 0.05) is 31.0 Å². The number of nitrogen functional groups attached to an aromatic ring is 1. The normalized spacial score (nSPS) is 16.5. The molecule has 0 saturated carbocycles. The molecular formula is C23H24ClN9O. The molecule has 1 amide bonds. The average Bonchev–Trinajstić information content (AvgIpc) is 3.44. The first kappa shape index (κ1) is 22.0. The van der Waals surface area contributed by atoms with Crippen molar-refractivity contribution in [1.82, 2.24) is 29.3 Å². The molecule has 1 atom stereocenters. The minimum atomic E-state index is -0.408. The summed E-state index contributed by atoms with van der Waals surface area (Å²) in [6, 6.07) is 5.62. The third kappa shape index (κ3) is 3.58. The van der Waals surface area contributed by atoms with Gasteiger partial charge in [-0.15, -0.1) is 5.10 Å². The van der Waals surface area contributed by atoms with Gasteiger partial charge in [-0.3, -0.25) is 9.20 Å². The molecule has 0 aromatic carbocycles. The highest BCUT2D eigenvalue weighted by molar-refractivity contribution is 6.34. The zero-order valence-electron chi connectivity index (χ0n) is 18.9. The monoisotopic (exact) mass is 477 g/mol. The molecule has 10 nitrogen and oxygen atoms in total. The standard InChI is InChI=1S/C23H24ClN9O/c1-14(29-21(34)18-19(26)30-33-7-3-6-28-20(18)33)15-10-16(24)17-11-27-13-32(17)22(15)31-8-4-23(2,12-25)5-9-31/h3,6-7,10-11,13-14H,4-5,8-9H2,1-2H3,(H2,26,30)(H,29,34). The van der Waals surface area contributed by atoms with Gasteiger partial charge in [-0.05, 0) is 38.8 Å². The first-order valence-corrected chi connectivity index (χ1v) is 11.4. The molecule has 1 aliphatic heterocycles. The zero-order valence-corrected chi connectivity index (χ0v) is 19.6. The Bertz CT molecular complexity index is 1440. The molecular weight excluding hydrogens is 454 g/mol. The van der Waals surface area contributed by atoms with Crippen LogP contribution in [0.4, 0.5) is 11.6 Å². The minimum absolute atomic E-state index is 0.110. The summed E-state index contributed by atoms with van der Waals surface area (Å²) < 4.78 is 3.43. The Labute approximate surface area is 201 Å². The number of piperidine rings is 1. The quantitative estimate of drug-likeness (QED) is 0.461. The van der Waals surface area contributed by atoms with Crippen molar-refractivity contribution in [3.63, 3.8) is 0 Å². The topological polar surface area (TPSA) is 130 Å². The number of carbonyl (C=O) groups excluding carboxylic acids is 1. The van der Waals surface area contributed by atoms with Gasteiger partial charge < -0.3 is 16.0 Å². The number of aromatic nitrogens is 5. The summed E-state index contributed by atoms with van der Waals surface area (Å²) in [4.78, 5) is 24.0. The van der Waals surface area contributed by atoms with Crippen molar-refractivity contribution in [3.8, 4) is 6.07 Å². The van der Waals surface area contributed by atoms with E-state index in [4.69, 9.17) is 17.3 Å². The van der Waals surface area contributed by atoms with E-state index in [2.05, 4.69) is 31.4 Å². The van der Waals surface area contributed by atoms with E-state index < -0.39 is 6.04 Å². The number of nitrogens with zero attached hydrogens (tertiary/aromatic N) is 7. The molecule has 0 aliphatic carbocycles. The maximum Gasteiger partial charge on any atom is 0.259 e. The Balaban J connectivity index is 1.52. The number of hydrogen-bond acceptors (Lipinski definition) is 7. The van der Waals surface area contributed by atoms with Crippen molar-refractivity contribution in [1.29, 1.82) is 5.26 Å². The van der Waals surface area contributed by atoms with Crippen molar-refractivity contribution >= 4 is 40.3 Å². The van der Waals surface area contributed by atoms with Gasteiger partial charge in [-0.1, -0.05) is 11.6 Å². The van der Waals surface area contributed by atoms with Crippen molar-refractivity contribution < 1.29 is 4.79 Å². The number of rotatable bonds is 4. The van der Waals surface area contributed by atoms with Crippen molar-refractivity contribution in [2.24, 2.45) is 5.41 Å². The number of nitriles is 1.